The Labute approximate surface area is 138 Å². The molecule has 1 atom stereocenters. The van der Waals surface area contributed by atoms with Gasteiger partial charge < -0.3 is 24.1 Å². The number of ether oxygens (including phenoxy) is 4. The molecule has 0 spiro atoms. The second kappa shape index (κ2) is 12.1. The maximum atomic E-state index is 9.42. The van der Waals surface area contributed by atoms with Crippen LogP contribution in [-0.4, -0.2) is 45.6 Å². The number of aliphatic hydroxyl groups is 1. The fraction of sp³-hybridized carbons (Fsp3) is 0.556. The van der Waals surface area contributed by atoms with Crippen LogP contribution in [0.25, 0.3) is 6.08 Å². The molecule has 0 amide bonds. The monoisotopic (exact) mass is 324 g/mol. The van der Waals surface area contributed by atoms with Crippen molar-refractivity contribution < 1.29 is 24.1 Å². The molecule has 0 aliphatic heterocycles. The lowest BCUT2D eigenvalue weighted by Gasteiger charge is -2.14. The fourth-order valence-electron chi connectivity index (χ4n) is 2.13. The maximum absolute atomic E-state index is 9.42. The normalized spacial score (nSPS) is 12.7. The molecular formula is C18H28O5. The average Bonchev–Trinajstić information content (AvgIpc) is 2.54. The Kier molecular flexibility index (Phi) is 10.3. The van der Waals surface area contributed by atoms with E-state index in [1.807, 2.05) is 18.2 Å². The Bertz CT molecular complexity index is 457. The van der Waals surface area contributed by atoms with E-state index >= 15 is 0 Å². The third-order valence-corrected chi connectivity index (χ3v) is 3.19. The molecule has 0 aliphatic rings. The van der Waals surface area contributed by atoms with Gasteiger partial charge in [0.2, 0.25) is 0 Å². The van der Waals surface area contributed by atoms with Gasteiger partial charge in [0.15, 0.2) is 6.79 Å². The summed E-state index contributed by atoms with van der Waals surface area (Å²) < 4.78 is 20.9. The lowest BCUT2D eigenvalue weighted by Crippen LogP contribution is -2.04. The number of unbranched alkanes of at least 4 members (excludes halogenated alkanes) is 1. The van der Waals surface area contributed by atoms with Crippen molar-refractivity contribution >= 4 is 6.08 Å². The summed E-state index contributed by atoms with van der Waals surface area (Å²) in [6.45, 7) is 2.94. The zero-order valence-corrected chi connectivity index (χ0v) is 14.3. The van der Waals surface area contributed by atoms with Crippen LogP contribution in [0.4, 0.5) is 0 Å². The summed E-state index contributed by atoms with van der Waals surface area (Å²) in [5.74, 6) is 0.809. The lowest BCUT2D eigenvalue weighted by molar-refractivity contribution is -0.0314. The second-order valence-corrected chi connectivity index (χ2v) is 5.26. The molecule has 0 saturated heterocycles. The first-order valence-electron chi connectivity index (χ1n) is 7.85. The predicted molar refractivity (Wildman–Crippen MR) is 90.4 cm³/mol. The average molecular weight is 324 g/mol. The number of hydrogen-bond donors (Lipinski definition) is 1. The van der Waals surface area contributed by atoms with E-state index in [9.17, 15) is 5.11 Å². The Balaban J connectivity index is 2.70. The first-order valence-corrected chi connectivity index (χ1v) is 7.85. The Morgan fingerprint density at radius 3 is 2.61 bits per heavy atom. The molecule has 0 aromatic heterocycles. The Morgan fingerprint density at radius 1 is 1.13 bits per heavy atom. The van der Waals surface area contributed by atoms with Crippen molar-refractivity contribution in [3.63, 3.8) is 0 Å². The Hall–Kier alpha value is -1.40. The molecule has 5 heteroatoms. The largest absolute Gasteiger partial charge is 0.467 e. The van der Waals surface area contributed by atoms with Gasteiger partial charge in [-0.15, -0.1) is 0 Å². The zero-order valence-electron chi connectivity index (χ0n) is 14.3. The van der Waals surface area contributed by atoms with Gasteiger partial charge in [-0.3, -0.25) is 0 Å². The summed E-state index contributed by atoms with van der Waals surface area (Å²) in [5, 5.41) is 9.42. The molecule has 0 unspecified atom stereocenters. The molecule has 1 aromatic carbocycles. The molecule has 0 heterocycles. The van der Waals surface area contributed by atoms with E-state index < -0.39 is 6.10 Å². The van der Waals surface area contributed by atoms with Crippen molar-refractivity contribution in [1.82, 2.24) is 0 Å². The number of methoxy groups -OCH3 is 2. The summed E-state index contributed by atoms with van der Waals surface area (Å²) in [6.07, 6.45) is 5.97. The number of rotatable bonds is 12. The van der Waals surface area contributed by atoms with Gasteiger partial charge in [0.25, 0.3) is 0 Å². The van der Waals surface area contributed by atoms with Gasteiger partial charge in [-0.25, -0.2) is 0 Å². The fourth-order valence-corrected chi connectivity index (χ4v) is 2.13. The van der Waals surface area contributed by atoms with Crippen molar-refractivity contribution in [2.45, 2.75) is 32.3 Å². The number of hydrogen-bond acceptors (Lipinski definition) is 5. The minimum Gasteiger partial charge on any atom is -0.467 e. The molecule has 1 rings (SSSR count). The van der Waals surface area contributed by atoms with Crippen LogP contribution < -0.4 is 4.74 Å². The van der Waals surface area contributed by atoms with E-state index in [0.717, 1.165) is 36.1 Å². The molecule has 1 N–H and O–H groups in total. The first-order chi connectivity index (χ1) is 11.2. The van der Waals surface area contributed by atoms with E-state index in [4.69, 9.17) is 18.9 Å². The molecule has 23 heavy (non-hydrogen) atoms. The minimum absolute atomic E-state index is 0.198. The standard InChI is InChI=1S/C18H28O5/c1-15(19)10-11-17-9-6-8-16(18(17)23-14-21-3)7-4-5-12-22-13-20-2/h6,8-11,15,19H,4-5,7,12-14H2,1-3H3/b11-10+/t15-/m0/s1. The van der Waals surface area contributed by atoms with Crippen LogP contribution in [0.2, 0.25) is 0 Å². The second-order valence-electron chi connectivity index (χ2n) is 5.26. The summed E-state index contributed by atoms with van der Waals surface area (Å²) in [7, 11) is 3.22. The van der Waals surface area contributed by atoms with Crippen molar-refractivity contribution in [3.8, 4) is 5.75 Å². The van der Waals surface area contributed by atoms with Crippen molar-refractivity contribution in [1.29, 1.82) is 0 Å². The summed E-state index contributed by atoms with van der Waals surface area (Å²) in [4.78, 5) is 0. The predicted octanol–water partition coefficient (Wildman–Crippen LogP) is 3.01. The minimum atomic E-state index is -0.494. The number of benzene rings is 1. The summed E-state index contributed by atoms with van der Waals surface area (Å²) in [6, 6.07) is 6.02. The van der Waals surface area contributed by atoms with Crippen LogP contribution in [0.15, 0.2) is 24.3 Å². The highest BCUT2D eigenvalue weighted by molar-refractivity contribution is 5.60. The van der Waals surface area contributed by atoms with Crippen LogP contribution in [0.1, 0.15) is 30.9 Å². The van der Waals surface area contributed by atoms with Crippen molar-refractivity contribution in [2.24, 2.45) is 0 Å². The van der Waals surface area contributed by atoms with E-state index in [0.29, 0.717) is 13.4 Å². The van der Waals surface area contributed by atoms with Gasteiger partial charge in [-0.1, -0.05) is 30.4 Å². The third kappa shape index (κ3) is 8.13. The van der Waals surface area contributed by atoms with E-state index in [1.54, 1.807) is 27.2 Å². The third-order valence-electron chi connectivity index (χ3n) is 3.19. The van der Waals surface area contributed by atoms with Crippen molar-refractivity contribution in [2.75, 3.05) is 34.4 Å². The van der Waals surface area contributed by atoms with Gasteiger partial charge in [-0.05, 0) is 31.7 Å². The summed E-state index contributed by atoms with van der Waals surface area (Å²) >= 11 is 0. The molecule has 130 valence electrons. The first kappa shape index (κ1) is 19.6. The van der Waals surface area contributed by atoms with Crippen LogP contribution >= 0.6 is 0 Å². The number of para-hydroxylation sites is 1. The van der Waals surface area contributed by atoms with E-state index in [2.05, 4.69) is 6.07 Å². The van der Waals surface area contributed by atoms with Crippen LogP contribution in [0.3, 0.4) is 0 Å². The van der Waals surface area contributed by atoms with Crippen LogP contribution in [-0.2, 0) is 20.6 Å². The topological polar surface area (TPSA) is 57.2 Å². The summed E-state index contributed by atoms with van der Waals surface area (Å²) in [5.41, 5.74) is 2.07. The lowest BCUT2D eigenvalue weighted by atomic mass is 10.0. The zero-order chi connectivity index (χ0) is 16.9. The molecule has 0 aliphatic carbocycles. The highest BCUT2D eigenvalue weighted by atomic mass is 16.7. The Morgan fingerprint density at radius 2 is 1.91 bits per heavy atom. The molecule has 0 radical (unpaired) electrons. The van der Waals surface area contributed by atoms with Crippen LogP contribution in [0, 0.1) is 0 Å². The highest BCUT2D eigenvalue weighted by Crippen LogP contribution is 2.27. The van der Waals surface area contributed by atoms with Crippen molar-refractivity contribution in [3.05, 3.63) is 35.4 Å². The van der Waals surface area contributed by atoms with Crippen LogP contribution in [0.5, 0.6) is 5.75 Å². The van der Waals surface area contributed by atoms with E-state index in [-0.39, 0.29) is 6.79 Å². The molecule has 0 bridgehead atoms. The number of aryl methyl sites for hydroxylation is 1. The molecule has 1 aromatic rings. The van der Waals surface area contributed by atoms with Gasteiger partial charge in [-0.2, -0.15) is 0 Å². The highest BCUT2D eigenvalue weighted by Gasteiger charge is 2.08. The molecule has 0 fully saturated rings. The quantitative estimate of drug-likeness (QED) is 0.473. The van der Waals surface area contributed by atoms with Gasteiger partial charge in [0.05, 0.1) is 6.10 Å². The maximum Gasteiger partial charge on any atom is 0.188 e. The van der Waals surface area contributed by atoms with Gasteiger partial charge in [0.1, 0.15) is 12.5 Å². The molecule has 5 nitrogen and oxygen atoms in total. The smallest absolute Gasteiger partial charge is 0.188 e. The molecule has 0 saturated carbocycles. The van der Waals surface area contributed by atoms with Gasteiger partial charge in [0, 0.05) is 26.4 Å². The number of aliphatic hydroxyl groups excluding tert-OH is 1. The van der Waals surface area contributed by atoms with Gasteiger partial charge >= 0.3 is 0 Å². The van der Waals surface area contributed by atoms with E-state index in [1.165, 1.54) is 0 Å². The SMILES string of the molecule is COCOCCCCc1cccc(/C=C/[C@H](C)O)c1OCOC. The molecular weight excluding hydrogens is 296 g/mol.